The number of carbonyl (C=O) groups is 1. The molecule has 1 aliphatic carbocycles. The molecule has 1 N–H and O–H groups in total. The van der Waals surface area contributed by atoms with E-state index in [1.807, 2.05) is 0 Å². The predicted octanol–water partition coefficient (Wildman–Crippen LogP) is 3.40. The molecule has 98 valence electrons. The molecule has 0 spiro atoms. The Kier molecular flexibility index (Phi) is 4.32. The lowest BCUT2D eigenvalue weighted by Crippen LogP contribution is -2.37. The first-order chi connectivity index (χ1) is 8.56. The van der Waals surface area contributed by atoms with Gasteiger partial charge in [-0.3, -0.25) is 4.79 Å². The molecule has 2 rings (SSSR count). The normalized spacial score (nSPS) is 23.7. The highest BCUT2D eigenvalue weighted by Crippen LogP contribution is 2.24. The van der Waals surface area contributed by atoms with Crippen molar-refractivity contribution in [3.8, 4) is 0 Å². The maximum atomic E-state index is 13.0. The smallest absolute Gasteiger partial charge is 0.251 e. The van der Waals surface area contributed by atoms with E-state index in [1.165, 1.54) is 6.07 Å². The summed E-state index contributed by atoms with van der Waals surface area (Å²) in [6, 6.07) is 3.32. The summed E-state index contributed by atoms with van der Waals surface area (Å²) in [5.74, 6) is -2.27. The van der Waals surface area contributed by atoms with E-state index in [1.54, 1.807) is 0 Å². The molecule has 0 radical (unpaired) electrons. The summed E-state index contributed by atoms with van der Waals surface area (Å²) in [5.41, 5.74) is 0.162. The second-order valence-corrected chi connectivity index (χ2v) is 5.85. The molecule has 0 saturated heterocycles. The molecule has 2 nitrogen and oxygen atoms in total. The van der Waals surface area contributed by atoms with Crippen molar-refractivity contribution in [2.75, 3.05) is 0 Å². The van der Waals surface area contributed by atoms with Gasteiger partial charge < -0.3 is 5.32 Å². The molecule has 1 amide bonds. The van der Waals surface area contributed by atoms with E-state index in [2.05, 4.69) is 21.2 Å². The highest BCUT2D eigenvalue weighted by molar-refractivity contribution is 9.09. The van der Waals surface area contributed by atoms with Gasteiger partial charge in [0.2, 0.25) is 0 Å². The van der Waals surface area contributed by atoms with E-state index in [0.29, 0.717) is 4.83 Å². The number of halogens is 3. The van der Waals surface area contributed by atoms with Crippen LogP contribution in [0.5, 0.6) is 0 Å². The van der Waals surface area contributed by atoms with Crippen molar-refractivity contribution in [3.63, 3.8) is 0 Å². The van der Waals surface area contributed by atoms with Crippen molar-refractivity contribution in [1.29, 1.82) is 0 Å². The average Bonchev–Trinajstić information content (AvgIpc) is 2.35. The van der Waals surface area contributed by atoms with Gasteiger partial charge in [0, 0.05) is 16.4 Å². The molecule has 1 saturated carbocycles. The minimum absolute atomic E-state index is 0.124. The van der Waals surface area contributed by atoms with Gasteiger partial charge >= 0.3 is 0 Å². The van der Waals surface area contributed by atoms with Crippen molar-refractivity contribution in [3.05, 3.63) is 35.4 Å². The average molecular weight is 318 g/mol. The first kappa shape index (κ1) is 13.5. The van der Waals surface area contributed by atoms with Gasteiger partial charge in [-0.1, -0.05) is 15.9 Å². The standard InChI is InChI=1S/C13H14BrF2NO/c14-9-2-4-10(5-3-9)17-13(18)8-1-6-11(15)12(16)7-8/h1,6-7,9-10H,2-5H2,(H,17,18). The largest absolute Gasteiger partial charge is 0.349 e. The third kappa shape index (κ3) is 3.28. The third-order valence-corrected chi connectivity index (χ3v) is 4.09. The van der Waals surface area contributed by atoms with E-state index in [-0.39, 0.29) is 17.5 Å². The SMILES string of the molecule is O=C(NC1CCC(Br)CC1)c1ccc(F)c(F)c1. The summed E-state index contributed by atoms with van der Waals surface area (Å²) in [4.78, 5) is 12.4. The zero-order valence-corrected chi connectivity index (χ0v) is 11.3. The molecule has 1 aromatic rings. The quantitative estimate of drug-likeness (QED) is 0.832. The number of hydrogen-bond acceptors (Lipinski definition) is 1. The highest BCUT2D eigenvalue weighted by atomic mass is 79.9. The minimum atomic E-state index is -0.994. The number of hydrogen-bond donors (Lipinski definition) is 1. The Labute approximate surface area is 113 Å². The molecule has 5 heteroatoms. The fourth-order valence-electron chi connectivity index (χ4n) is 2.10. The Bertz CT molecular complexity index is 445. The Hall–Kier alpha value is -0.970. The van der Waals surface area contributed by atoms with E-state index < -0.39 is 11.6 Å². The molecule has 1 aliphatic rings. The van der Waals surface area contributed by atoms with E-state index in [9.17, 15) is 13.6 Å². The second-order valence-electron chi connectivity index (χ2n) is 4.55. The molecule has 0 heterocycles. The molecule has 0 unspecified atom stereocenters. The molecular weight excluding hydrogens is 304 g/mol. The summed E-state index contributed by atoms with van der Waals surface area (Å²) < 4.78 is 25.8. The maximum absolute atomic E-state index is 13.0. The van der Waals surface area contributed by atoms with Crippen molar-refractivity contribution >= 4 is 21.8 Å². The van der Waals surface area contributed by atoms with Crippen LogP contribution in [0.25, 0.3) is 0 Å². The van der Waals surface area contributed by atoms with Crippen LogP contribution < -0.4 is 5.32 Å². The Balaban J connectivity index is 1.97. The van der Waals surface area contributed by atoms with Gasteiger partial charge in [-0.2, -0.15) is 0 Å². The van der Waals surface area contributed by atoms with Crippen LogP contribution in [0.1, 0.15) is 36.0 Å². The molecule has 1 fully saturated rings. The van der Waals surface area contributed by atoms with Crippen molar-refractivity contribution in [2.24, 2.45) is 0 Å². The van der Waals surface area contributed by atoms with Crippen LogP contribution in [0.2, 0.25) is 0 Å². The van der Waals surface area contributed by atoms with Gasteiger partial charge in [0.25, 0.3) is 5.91 Å². The van der Waals surface area contributed by atoms with Gasteiger partial charge in [0.05, 0.1) is 0 Å². The zero-order valence-electron chi connectivity index (χ0n) is 9.76. The van der Waals surface area contributed by atoms with E-state index in [4.69, 9.17) is 0 Å². The van der Waals surface area contributed by atoms with Crippen molar-refractivity contribution in [1.82, 2.24) is 5.32 Å². The third-order valence-electron chi connectivity index (χ3n) is 3.17. The predicted molar refractivity (Wildman–Crippen MR) is 68.8 cm³/mol. The molecule has 1 aromatic carbocycles. The summed E-state index contributed by atoms with van der Waals surface area (Å²) in [6.45, 7) is 0. The van der Waals surface area contributed by atoms with Gasteiger partial charge in [0.1, 0.15) is 0 Å². The number of benzene rings is 1. The maximum Gasteiger partial charge on any atom is 0.251 e. The van der Waals surface area contributed by atoms with Crippen molar-refractivity contribution < 1.29 is 13.6 Å². The van der Waals surface area contributed by atoms with Crippen LogP contribution in [-0.2, 0) is 0 Å². The Morgan fingerprint density at radius 3 is 2.44 bits per heavy atom. The molecule has 0 atom stereocenters. The Morgan fingerprint density at radius 2 is 1.83 bits per heavy atom. The van der Waals surface area contributed by atoms with Crippen LogP contribution >= 0.6 is 15.9 Å². The number of carbonyl (C=O) groups excluding carboxylic acids is 1. The fraction of sp³-hybridized carbons (Fsp3) is 0.462. The topological polar surface area (TPSA) is 29.1 Å². The van der Waals surface area contributed by atoms with E-state index >= 15 is 0 Å². The van der Waals surface area contributed by atoms with Gasteiger partial charge in [-0.15, -0.1) is 0 Å². The Morgan fingerprint density at radius 1 is 1.17 bits per heavy atom. The molecule has 0 aromatic heterocycles. The lowest BCUT2D eigenvalue weighted by molar-refractivity contribution is 0.0927. The molecule has 0 aliphatic heterocycles. The monoisotopic (exact) mass is 317 g/mol. The van der Waals surface area contributed by atoms with Gasteiger partial charge in [0.15, 0.2) is 11.6 Å². The number of nitrogens with one attached hydrogen (secondary N) is 1. The van der Waals surface area contributed by atoms with E-state index in [0.717, 1.165) is 37.8 Å². The molecular formula is C13H14BrF2NO. The summed E-state index contributed by atoms with van der Waals surface area (Å²) in [7, 11) is 0. The molecule has 0 bridgehead atoms. The van der Waals surface area contributed by atoms with Crippen LogP contribution in [0.15, 0.2) is 18.2 Å². The number of alkyl halides is 1. The number of rotatable bonds is 2. The first-order valence-electron chi connectivity index (χ1n) is 5.96. The second kappa shape index (κ2) is 5.78. The van der Waals surface area contributed by atoms with Crippen LogP contribution in [0.3, 0.4) is 0 Å². The summed E-state index contributed by atoms with van der Waals surface area (Å²) in [5, 5.41) is 2.85. The first-order valence-corrected chi connectivity index (χ1v) is 6.88. The lowest BCUT2D eigenvalue weighted by Gasteiger charge is -2.26. The lowest BCUT2D eigenvalue weighted by atomic mass is 9.95. The van der Waals surface area contributed by atoms with Crippen LogP contribution in [0.4, 0.5) is 8.78 Å². The van der Waals surface area contributed by atoms with Crippen molar-refractivity contribution in [2.45, 2.75) is 36.6 Å². The van der Waals surface area contributed by atoms with Crippen LogP contribution in [-0.4, -0.2) is 16.8 Å². The fourth-order valence-corrected chi connectivity index (χ4v) is 2.63. The highest BCUT2D eigenvalue weighted by Gasteiger charge is 2.21. The molecule has 18 heavy (non-hydrogen) atoms. The van der Waals surface area contributed by atoms with Gasteiger partial charge in [-0.05, 0) is 43.9 Å². The summed E-state index contributed by atoms with van der Waals surface area (Å²) in [6.07, 6.45) is 3.85. The zero-order chi connectivity index (χ0) is 13.1. The minimum Gasteiger partial charge on any atom is -0.349 e. The van der Waals surface area contributed by atoms with Gasteiger partial charge in [-0.25, -0.2) is 8.78 Å². The van der Waals surface area contributed by atoms with Crippen LogP contribution in [0, 0.1) is 11.6 Å². The number of amides is 1. The summed E-state index contributed by atoms with van der Waals surface area (Å²) >= 11 is 3.54.